The minimum atomic E-state index is -1.14. The first-order chi connectivity index (χ1) is 12.1. The van der Waals surface area contributed by atoms with Crippen molar-refractivity contribution in [3.05, 3.63) is 69.7 Å². The van der Waals surface area contributed by atoms with Crippen LogP contribution >= 0.6 is 15.9 Å². The molecule has 1 N–H and O–H groups in total. The van der Waals surface area contributed by atoms with Crippen molar-refractivity contribution in [2.45, 2.75) is 18.4 Å². The minimum Gasteiger partial charge on any atom is -0.545 e. The first kappa shape index (κ1) is 16.2. The third-order valence-electron chi connectivity index (χ3n) is 5.13. The van der Waals surface area contributed by atoms with Crippen LogP contribution in [0.1, 0.15) is 39.9 Å². The van der Waals surface area contributed by atoms with Gasteiger partial charge in [-0.2, -0.15) is 0 Å². The number of hydrogen-bond donors (Lipinski definition) is 1. The monoisotopic (exact) mass is 398 g/mol. The van der Waals surface area contributed by atoms with Crippen LogP contribution in [0.5, 0.6) is 5.75 Å². The molecule has 4 rings (SSSR count). The summed E-state index contributed by atoms with van der Waals surface area (Å²) in [5.41, 5.74) is 3.30. The summed E-state index contributed by atoms with van der Waals surface area (Å²) in [6.45, 7) is 0. The lowest BCUT2D eigenvalue weighted by atomic mass is 9.76. The summed E-state index contributed by atoms with van der Waals surface area (Å²) >= 11 is 3.55. The van der Waals surface area contributed by atoms with Crippen molar-refractivity contribution < 1.29 is 14.6 Å². The molecule has 3 atom stereocenters. The zero-order valence-corrected chi connectivity index (χ0v) is 15.2. The number of halogens is 1. The first-order valence-electron chi connectivity index (χ1n) is 8.20. The number of rotatable bonds is 3. The molecule has 4 nitrogen and oxygen atoms in total. The summed E-state index contributed by atoms with van der Waals surface area (Å²) in [6, 6.07) is 11.3. The molecular weight excluding hydrogens is 382 g/mol. The van der Waals surface area contributed by atoms with E-state index in [1.54, 1.807) is 19.2 Å². The second-order valence-electron chi connectivity index (χ2n) is 6.45. The highest BCUT2D eigenvalue weighted by molar-refractivity contribution is 9.10. The molecule has 2 aliphatic rings. The van der Waals surface area contributed by atoms with E-state index in [9.17, 15) is 9.90 Å². The molecular formula is C20H17BrNO3-. The number of allylic oxidation sites excluding steroid dienone is 2. The van der Waals surface area contributed by atoms with Crippen LogP contribution in [0.3, 0.4) is 0 Å². The maximum atomic E-state index is 11.2. The Morgan fingerprint density at radius 1 is 1.24 bits per heavy atom. The molecule has 0 amide bonds. The zero-order valence-electron chi connectivity index (χ0n) is 13.7. The summed E-state index contributed by atoms with van der Waals surface area (Å²) in [5.74, 6) is 0.204. The van der Waals surface area contributed by atoms with Gasteiger partial charge in [0.15, 0.2) is 0 Å². The average Bonchev–Trinajstić information content (AvgIpc) is 3.10. The lowest BCUT2D eigenvalue weighted by Gasteiger charge is -2.38. The second-order valence-corrected chi connectivity index (χ2v) is 7.37. The Morgan fingerprint density at radius 2 is 2.08 bits per heavy atom. The number of anilines is 1. The zero-order chi connectivity index (χ0) is 17.6. The summed E-state index contributed by atoms with van der Waals surface area (Å²) in [4.78, 5) is 11.2. The predicted octanol–water partition coefficient (Wildman–Crippen LogP) is 3.65. The van der Waals surface area contributed by atoms with Gasteiger partial charge in [0.2, 0.25) is 0 Å². The van der Waals surface area contributed by atoms with E-state index in [4.69, 9.17) is 4.74 Å². The van der Waals surface area contributed by atoms with Gasteiger partial charge in [0.25, 0.3) is 0 Å². The van der Waals surface area contributed by atoms with Crippen LogP contribution in [-0.2, 0) is 0 Å². The van der Waals surface area contributed by atoms with Crippen LogP contribution in [0, 0.1) is 5.92 Å². The molecule has 0 saturated carbocycles. The molecule has 0 bridgehead atoms. The van der Waals surface area contributed by atoms with Crippen molar-refractivity contribution in [2.24, 2.45) is 5.92 Å². The Hall–Kier alpha value is -2.27. The minimum absolute atomic E-state index is 0.0914. The van der Waals surface area contributed by atoms with Crippen molar-refractivity contribution in [1.29, 1.82) is 0 Å². The topological polar surface area (TPSA) is 61.4 Å². The number of ether oxygens (including phenoxy) is 1. The Balaban J connectivity index is 1.81. The number of methoxy groups -OCH3 is 1. The van der Waals surface area contributed by atoms with Gasteiger partial charge in [0.1, 0.15) is 5.75 Å². The predicted molar refractivity (Wildman–Crippen MR) is 97.8 cm³/mol. The van der Waals surface area contributed by atoms with E-state index in [0.29, 0.717) is 5.92 Å². The van der Waals surface area contributed by atoms with Gasteiger partial charge in [0.05, 0.1) is 19.1 Å². The normalized spacial score (nSPS) is 23.5. The summed E-state index contributed by atoms with van der Waals surface area (Å²) in [7, 11) is 1.68. The van der Waals surface area contributed by atoms with Gasteiger partial charge in [-0.25, -0.2) is 0 Å². The summed E-state index contributed by atoms with van der Waals surface area (Å²) in [6.07, 6.45) is 5.29. The van der Waals surface area contributed by atoms with Crippen LogP contribution < -0.4 is 15.2 Å². The smallest absolute Gasteiger partial charge is 0.124 e. The second kappa shape index (κ2) is 6.23. The molecule has 2 aromatic rings. The fourth-order valence-electron chi connectivity index (χ4n) is 3.98. The van der Waals surface area contributed by atoms with Crippen molar-refractivity contribution in [2.75, 3.05) is 12.4 Å². The largest absolute Gasteiger partial charge is 0.545 e. The van der Waals surface area contributed by atoms with E-state index in [-0.39, 0.29) is 17.5 Å². The van der Waals surface area contributed by atoms with Gasteiger partial charge in [-0.05, 0) is 53.8 Å². The Morgan fingerprint density at radius 3 is 2.84 bits per heavy atom. The highest BCUT2D eigenvalue weighted by atomic mass is 79.9. The number of benzene rings is 2. The third kappa shape index (κ3) is 2.72. The maximum absolute atomic E-state index is 11.2. The molecule has 0 aromatic heterocycles. The number of carbonyl (C=O) groups is 1. The van der Waals surface area contributed by atoms with Gasteiger partial charge in [-0.1, -0.05) is 34.1 Å². The molecule has 1 aliphatic carbocycles. The molecule has 0 radical (unpaired) electrons. The summed E-state index contributed by atoms with van der Waals surface area (Å²) < 4.78 is 6.58. The quantitative estimate of drug-likeness (QED) is 0.801. The number of carbonyl (C=O) groups excluding carboxylic acids is 1. The molecule has 25 heavy (non-hydrogen) atoms. The van der Waals surface area contributed by atoms with Crippen molar-refractivity contribution in [3.63, 3.8) is 0 Å². The lowest BCUT2D eigenvalue weighted by Crippen LogP contribution is -2.30. The van der Waals surface area contributed by atoms with Crippen LogP contribution in [-0.4, -0.2) is 13.1 Å². The van der Waals surface area contributed by atoms with Gasteiger partial charge in [-0.3, -0.25) is 0 Å². The Kier molecular flexibility index (Phi) is 4.04. The molecule has 0 unspecified atom stereocenters. The van der Waals surface area contributed by atoms with Crippen LogP contribution in [0.2, 0.25) is 0 Å². The van der Waals surface area contributed by atoms with Crippen molar-refractivity contribution in [3.8, 4) is 5.75 Å². The number of aromatic carboxylic acids is 1. The SMILES string of the molecule is COc1ccc(Br)cc1[C@@H]1Nc2ccc(C(=O)[O-])cc2[C@@H]2C=CC[C@H]21. The molecule has 1 aliphatic heterocycles. The average molecular weight is 399 g/mol. The summed E-state index contributed by atoms with van der Waals surface area (Å²) in [5, 5.41) is 14.8. The van der Waals surface area contributed by atoms with E-state index >= 15 is 0 Å². The Bertz CT molecular complexity index is 877. The molecule has 1 heterocycles. The van der Waals surface area contributed by atoms with Gasteiger partial charge >= 0.3 is 0 Å². The van der Waals surface area contributed by atoms with E-state index in [0.717, 1.165) is 33.5 Å². The fourth-order valence-corrected chi connectivity index (χ4v) is 4.36. The molecule has 0 fully saturated rings. The molecule has 0 saturated heterocycles. The van der Waals surface area contributed by atoms with E-state index in [2.05, 4.69) is 39.5 Å². The number of hydrogen-bond acceptors (Lipinski definition) is 4. The highest BCUT2D eigenvalue weighted by Crippen LogP contribution is 2.51. The first-order valence-corrected chi connectivity index (χ1v) is 8.99. The molecule has 128 valence electrons. The standard InChI is InChI=1S/C20H18BrNO3/c1-25-18-8-6-12(21)10-16(18)19-14-4-2-3-13(14)15-9-11(20(23)24)5-7-17(15)22-19/h2-3,5-10,13-14,19,22H,4H2,1H3,(H,23,24)/p-1/t13-,14-,19-/m1/s1. The number of nitrogens with one attached hydrogen (secondary N) is 1. The van der Waals surface area contributed by atoms with Gasteiger partial charge in [-0.15, -0.1) is 0 Å². The Labute approximate surface area is 154 Å². The van der Waals surface area contributed by atoms with E-state index in [1.165, 1.54) is 0 Å². The molecule has 0 spiro atoms. The van der Waals surface area contributed by atoms with Gasteiger partial charge < -0.3 is 20.0 Å². The number of fused-ring (bicyclic) bond motifs is 3. The molecule has 5 heteroatoms. The third-order valence-corrected chi connectivity index (χ3v) is 5.62. The fraction of sp³-hybridized carbons (Fsp3) is 0.250. The van der Waals surface area contributed by atoms with Crippen LogP contribution in [0.25, 0.3) is 0 Å². The maximum Gasteiger partial charge on any atom is 0.124 e. The molecule has 2 aromatic carbocycles. The number of carboxylic acid groups (broad SMARTS) is 1. The number of carboxylic acids is 1. The van der Waals surface area contributed by atoms with Crippen LogP contribution in [0.15, 0.2) is 53.0 Å². The highest BCUT2D eigenvalue weighted by Gasteiger charge is 2.39. The van der Waals surface area contributed by atoms with Crippen molar-refractivity contribution in [1.82, 2.24) is 0 Å². The van der Waals surface area contributed by atoms with Crippen molar-refractivity contribution >= 4 is 27.6 Å². The van der Waals surface area contributed by atoms with E-state index < -0.39 is 5.97 Å². The van der Waals surface area contributed by atoms with E-state index in [1.807, 2.05) is 18.2 Å². The lowest BCUT2D eigenvalue weighted by molar-refractivity contribution is -0.255. The van der Waals surface area contributed by atoms with Gasteiger partial charge in [0, 0.05) is 21.6 Å². The van der Waals surface area contributed by atoms with Crippen LogP contribution in [0.4, 0.5) is 5.69 Å².